The van der Waals surface area contributed by atoms with Crippen molar-refractivity contribution in [2.75, 3.05) is 13.7 Å². The predicted molar refractivity (Wildman–Crippen MR) is 120 cm³/mol. The number of aromatic hydroxyl groups is 1. The second-order valence-corrected chi connectivity index (χ2v) is 8.10. The lowest BCUT2D eigenvalue weighted by molar-refractivity contribution is -0.139. The maximum Gasteiger partial charge on any atom is 0.295 e. The highest BCUT2D eigenvalue weighted by Crippen LogP contribution is 2.42. The smallest absolute Gasteiger partial charge is 0.295 e. The van der Waals surface area contributed by atoms with Crippen LogP contribution in [0.1, 0.15) is 48.1 Å². The molecule has 6 nitrogen and oxygen atoms in total. The van der Waals surface area contributed by atoms with E-state index in [1.807, 2.05) is 13.8 Å². The van der Waals surface area contributed by atoms with Gasteiger partial charge in [-0.25, -0.2) is 0 Å². The summed E-state index contributed by atoms with van der Waals surface area (Å²) < 4.78 is 5.34. The summed E-state index contributed by atoms with van der Waals surface area (Å²) >= 11 is 6.11. The third kappa shape index (κ3) is 4.12. The van der Waals surface area contributed by atoms with E-state index in [0.29, 0.717) is 35.4 Å². The Kier molecular flexibility index (Phi) is 6.60. The Morgan fingerprint density at radius 3 is 2.48 bits per heavy atom. The summed E-state index contributed by atoms with van der Waals surface area (Å²) in [5.74, 6) is -1.07. The number of phenolic OH excluding ortho intramolecular Hbond substituents is 1. The molecule has 3 rings (SSSR count). The first-order valence-electron chi connectivity index (χ1n) is 10.1. The Hall–Kier alpha value is -2.99. The van der Waals surface area contributed by atoms with Gasteiger partial charge in [-0.05, 0) is 61.2 Å². The number of hydrogen-bond acceptors (Lipinski definition) is 5. The van der Waals surface area contributed by atoms with Crippen LogP contribution in [0.5, 0.6) is 11.5 Å². The van der Waals surface area contributed by atoms with Crippen LogP contribution in [-0.2, 0) is 9.59 Å². The van der Waals surface area contributed by atoms with Gasteiger partial charge in [0.1, 0.15) is 17.3 Å². The number of methoxy groups -OCH3 is 1. The van der Waals surface area contributed by atoms with Gasteiger partial charge in [-0.15, -0.1) is 0 Å². The second kappa shape index (κ2) is 9.02. The Morgan fingerprint density at radius 2 is 1.87 bits per heavy atom. The third-order valence-electron chi connectivity index (χ3n) is 5.58. The van der Waals surface area contributed by atoms with E-state index < -0.39 is 17.7 Å². The third-order valence-corrected chi connectivity index (χ3v) is 5.88. The van der Waals surface area contributed by atoms with E-state index in [9.17, 15) is 19.8 Å². The number of amides is 1. The molecule has 1 heterocycles. The number of benzene rings is 2. The number of aliphatic hydroxyl groups is 1. The highest BCUT2D eigenvalue weighted by molar-refractivity contribution is 6.46. The lowest BCUT2D eigenvalue weighted by Crippen LogP contribution is -2.30. The average molecular weight is 444 g/mol. The van der Waals surface area contributed by atoms with Crippen molar-refractivity contribution >= 4 is 29.1 Å². The van der Waals surface area contributed by atoms with E-state index in [-0.39, 0.29) is 22.1 Å². The molecule has 0 aromatic heterocycles. The molecule has 2 aromatic rings. The lowest BCUT2D eigenvalue weighted by atomic mass is 9.93. The number of aryl methyl sites for hydroxylation is 2. The van der Waals surface area contributed by atoms with Crippen molar-refractivity contribution in [2.24, 2.45) is 0 Å². The Morgan fingerprint density at radius 1 is 1.16 bits per heavy atom. The van der Waals surface area contributed by atoms with Crippen LogP contribution in [-0.4, -0.2) is 40.5 Å². The number of Topliss-reactive ketones (excluding diaryl/α,β-unsaturated/α-hetero) is 1. The molecule has 1 fully saturated rings. The molecule has 1 saturated heterocycles. The van der Waals surface area contributed by atoms with E-state index in [1.54, 1.807) is 32.2 Å². The summed E-state index contributed by atoms with van der Waals surface area (Å²) in [5, 5.41) is 21.2. The molecule has 1 atom stereocenters. The van der Waals surface area contributed by atoms with Gasteiger partial charge in [-0.1, -0.05) is 31.0 Å². The molecule has 164 valence electrons. The van der Waals surface area contributed by atoms with Crippen LogP contribution < -0.4 is 4.74 Å². The number of likely N-dealkylation sites (tertiary alicyclic amines) is 1. The van der Waals surface area contributed by atoms with Crippen LogP contribution in [0.15, 0.2) is 35.9 Å². The molecule has 1 unspecified atom stereocenters. The fourth-order valence-electron chi connectivity index (χ4n) is 3.89. The Labute approximate surface area is 186 Å². The molecule has 1 aliphatic rings. The number of ether oxygens (including phenoxy) is 1. The van der Waals surface area contributed by atoms with Crippen LogP contribution in [0.25, 0.3) is 5.76 Å². The number of unbranched alkanes of at least 4 members (excludes halogenated alkanes) is 1. The van der Waals surface area contributed by atoms with Crippen molar-refractivity contribution < 1.29 is 24.5 Å². The zero-order valence-electron chi connectivity index (χ0n) is 18.0. The van der Waals surface area contributed by atoms with Gasteiger partial charge < -0.3 is 19.8 Å². The molecular weight excluding hydrogens is 418 g/mol. The topological polar surface area (TPSA) is 87.1 Å². The predicted octanol–water partition coefficient (Wildman–Crippen LogP) is 4.89. The molecule has 2 N–H and O–H groups in total. The Balaban J connectivity index is 2.23. The zero-order chi connectivity index (χ0) is 22.9. The number of hydrogen-bond donors (Lipinski definition) is 2. The molecule has 1 amide bonds. The number of halogens is 1. The first-order valence-corrected chi connectivity index (χ1v) is 10.5. The van der Waals surface area contributed by atoms with E-state index >= 15 is 0 Å². The maximum absolute atomic E-state index is 13.0. The molecule has 0 bridgehead atoms. The highest BCUT2D eigenvalue weighted by atomic mass is 35.5. The fourth-order valence-corrected chi connectivity index (χ4v) is 4.08. The van der Waals surface area contributed by atoms with Crippen molar-refractivity contribution in [3.63, 3.8) is 0 Å². The van der Waals surface area contributed by atoms with Crippen LogP contribution in [0.4, 0.5) is 0 Å². The number of aliphatic hydroxyl groups excluding tert-OH is 1. The molecular formula is C24H26ClNO5. The summed E-state index contributed by atoms with van der Waals surface area (Å²) in [6, 6.07) is 7.27. The zero-order valence-corrected chi connectivity index (χ0v) is 18.8. The minimum atomic E-state index is -0.800. The first kappa shape index (κ1) is 22.7. The lowest BCUT2D eigenvalue weighted by Gasteiger charge is -2.25. The highest BCUT2D eigenvalue weighted by Gasteiger charge is 2.46. The number of rotatable bonds is 6. The van der Waals surface area contributed by atoms with Crippen molar-refractivity contribution in [1.82, 2.24) is 4.90 Å². The van der Waals surface area contributed by atoms with Gasteiger partial charge in [0.2, 0.25) is 0 Å². The van der Waals surface area contributed by atoms with E-state index in [4.69, 9.17) is 16.3 Å². The van der Waals surface area contributed by atoms with Gasteiger partial charge in [0.15, 0.2) is 0 Å². The summed E-state index contributed by atoms with van der Waals surface area (Å²) in [4.78, 5) is 27.4. The van der Waals surface area contributed by atoms with Crippen LogP contribution in [0, 0.1) is 13.8 Å². The molecule has 0 aliphatic carbocycles. The molecule has 0 radical (unpaired) electrons. The van der Waals surface area contributed by atoms with Gasteiger partial charge in [-0.2, -0.15) is 0 Å². The fraction of sp³-hybridized carbons (Fsp3) is 0.333. The summed E-state index contributed by atoms with van der Waals surface area (Å²) in [5.41, 5.74) is 2.51. The van der Waals surface area contributed by atoms with Gasteiger partial charge >= 0.3 is 0 Å². The minimum absolute atomic E-state index is 0.00975. The van der Waals surface area contributed by atoms with Gasteiger partial charge in [0.05, 0.1) is 23.7 Å². The van der Waals surface area contributed by atoms with E-state index in [0.717, 1.165) is 12.0 Å². The standard InChI is InChI=1S/C24H26ClNO5/c1-5-6-9-26-21(15-7-8-18(27)17(25)12-15)20(23(29)24(26)30)22(28)16-10-14(3)19(31-4)11-13(16)2/h7-8,10-12,21,27-28H,5-6,9H2,1-4H3/b22-20+. The monoisotopic (exact) mass is 443 g/mol. The van der Waals surface area contributed by atoms with Crippen LogP contribution >= 0.6 is 11.6 Å². The van der Waals surface area contributed by atoms with Crippen molar-refractivity contribution in [3.05, 3.63) is 63.2 Å². The quantitative estimate of drug-likeness (QED) is 0.377. The van der Waals surface area contributed by atoms with E-state index in [1.165, 1.54) is 17.0 Å². The number of phenols is 1. The number of carbonyl (C=O) groups excluding carboxylic acids is 2. The average Bonchev–Trinajstić information content (AvgIpc) is 2.99. The first-order chi connectivity index (χ1) is 14.7. The number of ketones is 1. The number of carbonyl (C=O) groups is 2. The summed E-state index contributed by atoms with van der Waals surface area (Å²) in [6.45, 7) is 6.00. The van der Waals surface area contributed by atoms with Crippen LogP contribution in [0.2, 0.25) is 5.02 Å². The summed E-state index contributed by atoms with van der Waals surface area (Å²) in [6.07, 6.45) is 1.54. The van der Waals surface area contributed by atoms with Gasteiger partial charge in [-0.3, -0.25) is 9.59 Å². The van der Waals surface area contributed by atoms with Gasteiger partial charge in [0.25, 0.3) is 11.7 Å². The molecule has 31 heavy (non-hydrogen) atoms. The molecule has 1 aliphatic heterocycles. The SMILES string of the molecule is CCCCN1C(=O)C(=O)/C(=C(/O)c2cc(C)c(OC)cc2C)C1c1ccc(O)c(Cl)c1. The molecule has 0 spiro atoms. The number of nitrogens with zero attached hydrogens (tertiary/aromatic N) is 1. The normalized spacial score (nSPS) is 18.0. The maximum atomic E-state index is 13.0. The molecule has 0 saturated carbocycles. The van der Waals surface area contributed by atoms with Gasteiger partial charge in [0, 0.05) is 12.1 Å². The van der Waals surface area contributed by atoms with Crippen LogP contribution in [0.3, 0.4) is 0 Å². The molecule has 7 heteroatoms. The van der Waals surface area contributed by atoms with Crippen molar-refractivity contribution in [3.8, 4) is 11.5 Å². The van der Waals surface area contributed by atoms with Crippen molar-refractivity contribution in [2.45, 2.75) is 39.7 Å². The second-order valence-electron chi connectivity index (χ2n) is 7.69. The van der Waals surface area contributed by atoms with Crippen molar-refractivity contribution in [1.29, 1.82) is 0 Å². The van der Waals surface area contributed by atoms with E-state index in [2.05, 4.69) is 0 Å². The summed E-state index contributed by atoms with van der Waals surface area (Å²) in [7, 11) is 1.56. The largest absolute Gasteiger partial charge is 0.507 e. The molecule has 2 aromatic carbocycles. The Bertz CT molecular complexity index is 1080. The minimum Gasteiger partial charge on any atom is -0.507 e.